The third-order valence-electron chi connectivity index (χ3n) is 3.65. The van der Waals surface area contributed by atoms with Crippen molar-refractivity contribution in [3.05, 3.63) is 53.6 Å². The minimum Gasteiger partial charge on any atom is -0.497 e. The van der Waals surface area contributed by atoms with Crippen LogP contribution in [0.2, 0.25) is 0 Å². The van der Waals surface area contributed by atoms with E-state index in [0.717, 1.165) is 5.56 Å². The summed E-state index contributed by atoms with van der Waals surface area (Å²) in [6.45, 7) is -1.10. The van der Waals surface area contributed by atoms with E-state index in [9.17, 15) is 18.0 Å². The van der Waals surface area contributed by atoms with Gasteiger partial charge in [0, 0.05) is 12.1 Å². The van der Waals surface area contributed by atoms with Crippen LogP contribution in [0.15, 0.2) is 42.5 Å². The highest BCUT2D eigenvalue weighted by atomic mass is 19.4. The molecule has 1 amide bonds. The van der Waals surface area contributed by atoms with Gasteiger partial charge in [-0.25, -0.2) is 0 Å². The van der Waals surface area contributed by atoms with Gasteiger partial charge in [-0.2, -0.15) is 13.2 Å². The number of carbonyl (C=O) groups excluding carboxylic acids is 1. The van der Waals surface area contributed by atoms with E-state index in [4.69, 9.17) is 9.47 Å². The maximum atomic E-state index is 12.2. The minimum absolute atomic E-state index is 0.104. The van der Waals surface area contributed by atoms with Crippen LogP contribution in [0.1, 0.15) is 11.1 Å². The van der Waals surface area contributed by atoms with Crippen molar-refractivity contribution < 1.29 is 32.2 Å². The normalized spacial score (nSPS) is 11.0. The highest BCUT2D eigenvalue weighted by molar-refractivity contribution is 5.79. The largest absolute Gasteiger partial charge is 0.497 e. The number of halogens is 3. The van der Waals surface area contributed by atoms with Gasteiger partial charge in [-0.05, 0) is 35.9 Å². The number of nitrogens with one attached hydrogen (secondary N) is 1. The van der Waals surface area contributed by atoms with Crippen molar-refractivity contribution >= 4 is 5.91 Å². The maximum absolute atomic E-state index is 12.2. The van der Waals surface area contributed by atoms with Crippen LogP contribution < -0.4 is 19.5 Å². The summed E-state index contributed by atoms with van der Waals surface area (Å²) in [6, 6.07) is 11.2. The van der Waals surface area contributed by atoms with Crippen molar-refractivity contribution in [2.75, 3.05) is 20.8 Å². The van der Waals surface area contributed by atoms with Crippen molar-refractivity contribution in [3.63, 3.8) is 0 Å². The maximum Gasteiger partial charge on any atom is 0.422 e. The summed E-state index contributed by atoms with van der Waals surface area (Å²) in [5.74, 6) is 1.09. The lowest BCUT2D eigenvalue weighted by molar-refractivity contribution is -0.153. The van der Waals surface area contributed by atoms with Crippen LogP contribution in [0.25, 0.3) is 0 Å². The van der Waals surface area contributed by atoms with E-state index in [1.165, 1.54) is 26.4 Å². The van der Waals surface area contributed by atoms with Gasteiger partial charge in [-0.3, -0.25) is 4.79 Å². The zero-order valence-electron chi connectivity index (χ0n) is 14.9. The van der Waals surface area contributed by atoms with Crippen LogP contribution in [0.3, 0.4) is 0 Å². The first kappa shape index (κ1) is 20.4. The van der Waals surface area contributed by atoms with Gasteiger partial charge in [0.15, 0.2) is 6.61 Å². The summed E-state index contributed by atoms with van der Waals surface area (Å²) < 4.78 is 51.4. The second-order valence-electron chi connectivity index (χ2n) is 5.68. The van der Waals surface area contributed by atoms with Crippen LogP contribution in [0, 0.1) is 0 Å². The number of hydrogen-bond donors (Lipinski definition) is 1. The summed E-state index contributed by atoms with van der Waals surface area (Å²) in [4.78, 5) is 12.2. The number of rotatable bonds is 8. The lowest BCUT2D eigenvalue weighted by atomic mass is 10.1. The molecule has 2 rings (SSSR count). The molecule has 27 heavy (non-hydrogen) atoms. The smallest absolute Gasteiger partial charge is 0.422 e. The SMILES string of the molecule is COc1ccc(OC)c(CC(=O)NCc2ccc(OCC(F)(F)F)cc2)c1. The van der Waals surface area contributed by atoms with Crippen LogP contribution in [0.5, 0.6) is 17.2 Å². The second-order valence-corrected chi connectivity index (χ2v) is 5.68. The number of hydrogen-bond acceptors (Lipinski definition) is 4. The van der Waals surface area contributed by atoms with E-state index in [0.29, 0.717) is 17.1 Å². The number of amides is 1. The van der Waals surface area contributed by atoms with Crippen LogP contribution in [-0.4, -0.2) is 32.9 Å². The molecule has 0 aliphatic carbocycles. The summed E-state index contributed by atoms with van der Waals surface area (Å²) >= 11 is 0. The molecule has 1 N–H and O–H groups in total. The third-order valence-corrected chi connectivity index (χ3v) is 3.65. The molecule has 2 aromatic carbocycles. The Labute approximate surface area is 155 Å². The Kier molecular flexibility index (Phi) is 6.92. The molecule has 8 heteroatoms. The first-order valence-corrected chi connectivity index (χ1v) is 8.07. The Hall–Kier alpha value is -2.90. The van der Waals surface area contributed by atoms with E-state index in [-0.39, 0.29) is 24.6 Å². The van der Waals surface area contributed by atoms with Gasteiger partial charge >= 0.3 is 6.18 Å². The van der Waals surface area contributed by atoms with E-state index < -0.39 is 12.8 Å². The quantitative estimate of drug-likeness (QED) is 0.758. The molecule has 5 nitrogen and oxygen atoms in total. The molecule has 0 unspecified atom stereocenters. The Morgan fingerprint density at radius 1 is 1.00 bits per heavy atom. The molecule has 0 aliphatic heterocycles. The molecule has 0 heterocycles. The van der Waals surface area contributed by atoms with Gasteiger partial charge in [0.05, 0.1) is 20.6 Å². The Balaban J connectivity index is 1.88. The molecule has 0 saturated carbocycles. The second kappa shape index (κ2) is 9.16. The zero-order chi connectivity index (χ0) is 19.9. The molecule has 0 atom stereocenters. The fourth-order valence-electron chi connectivity index (χ4n) is 2.32. The van der Waals surface area contributed by atoms with Gasteiger partial charge in [-0.1, -0.05) is 12.1 Å². The third kappa shape index (κ3) is 6.73. The molecule has 0 radical (unpaired) electrons. The summed E-state index contributed by atoms with van der Waals surface area (Å²) in [6.07, 6.45) is -4.28. The average molecular weight is 383 g/mol. The molecule has 0 spiro atoms. The first-order valence-electron chi connectivity index (χ1n) is 8.07. The molecular weight excluding hydrogens is 363 g/mol. The first-order chi connectivity index (χ1) is 12.8. The minimum atomic E-state index is -4.38. The summed E-state index contributed by atoms with van der Waals surface area (Å²) in [5, 5.41) is 2.76. The lowest BCUT2D eigenvalue weighted by Gasteiger charge is -2.11. The average Bonchev–Trinajstić information content (AvgIpc) is 2.65. The molecule has 0 aromatic heterocycles. The van der Waals surface area contributed by atoms with E-state index in [1.54, 1.807) is 30.3 Å². The van der Waals surface area contributed by atoms with Crippen LogP contribution in [-0.2, 0) is 17.8 Å². The van der Waals surface area contributed by atoms with Crippen molar-refractivity contribution in [3.8, 4) is 17.2 Å². The standard InChI is InChI=1S/C19H20F3NO4/c1-25-16-7-8-17(26-2)14(9-16)10-18(24)23-11-13-3-5-15(6-4-13)27-12-19(20,21)22/h3-9H,10-12H2,1-2H3,(H,23,24). The molecule has 146 valence electrons. The molecule has 0 fully saturated rings. The topological polar surface area (TPSA) is 56.8 Å². The number of ether oxygens (including phenoxy) is 3. The van der Waals surface area contributed by atoms with Gasteiger partial charge in [0.25, 0.3) is 0 Å². The summed E-state index contributed by atoms with van der Waals surface area (Å²) in [7, 11) is 3.05. The highest BCUT2D eigenvalue weighted by Gasteiger charge is 2.28. The zero-order valence-corrected chi connectivity index (χ0v) is 14.9. The van der Waals surface area contributed by atoms with Gasteiger partial charge < -0.3 is 19.5 Å². The Morgan fingerprint density at radius 3 is 2.26 bits per heavy atom. The predicted molar refractivity (Wildman–Crippen MR) is 93.1 cm³/mol. The van der Waals surface area contributed by atoms with Crippen molar-refractivity contribution in [1.82, 2.24) is 5.32 Å². The van der Waals surface area contributed by atoms with Crippen LogP contribution in [0.4, 0.5) is 13.2 Å². The Morgan fingerprint density at radius 2 is 1.67 bits per heavy atom. The Bertz CT molecular complexity index is 761. The van der Waals surface area contributed by atoms with Crippen molar-refractivity contribution in [2.24, 2.45) is 0 Å². The monoisotopic (exact) mass is 383 g/mol. The molecule has 0 aliphatic rings. The molecule has 0 bridgehead atoms. The lowest BCUT2D eigenvalue weighted by Crippen LogP contribution is -2.24. The van der Waals surface area contributed by atoms with E-state index in [2.05, 4.69) is 10.1 Å². The van der Waals surface area contributed by atoms with Crippen molar-refractivity contribution in [2.45, 2.75) is 19.1 Å². The number of methoxy groups -OCH3 is 2. The fraction of sp³-hybridized carbons (Fsp3) is 0.316. The predicted octanol–water partition coefficient (Wildman–Crippen LogP) is 3.50. The van der Waals surface area contributed by atoms with Crippen LogP contribution >= 0.6 is 0 Å². The number of carbonyl (C=O) groups is 1. The highest BCUT2D eigenvalue weighted by Crippen LogP contribution is 2.24. The van der Waals surface area contributed by atoms with E-state index >= 15 is 0 Å². The number of benzene rings is 2. The van der Waals surface area contributed by atoms with Gasteiger partial charge in [0.1, 0.15) is 17.2 Å². The summed E-state index contributed by atoms with van der Waals surface area (Å²) in [5.41, 5.74) is 1.42. The number of alkyl halides is 3. The van der Waals surface area contributed by atoms with Gasteiger partial charge in [0.2, 0.25) is 5.91 Å². The van der Waals surface area contributed by atoms with Crippen molar-refractivity contribution in [1.29, 1.82) is 0 Å². The molecule has 0 saturated heterocycles. The molecular formula is C19H20F3NO4. The van der Waals surface area contributed by atoms with E-state index in [1.807, 2.05) is 0 Å². The fourth-order valence-corrected chi connectivity index (χ4v) is 2.32. The molecule has 2 aromatic rings. The van der Waals surface area contributed by atoms with Gasteiger partial charge in [-0.15, -0.1) is 0 Å².